The number of aryl methyl sites for hydroxylation is 2. The molecule has 0 aliphatic carbocycles. The largest absolute Gasteiger partial charge is 0.313 e. The van der Waals surface area contributed by atoms with Gasteiger partial charge in [-0.3, -0.25) is 4.98 Å². The molecule has 2 aromatic rings. The zero-order chi connectivity index (χ0) is 13.7. The van der Waals surface area contributed by atoms with Crippen LogP contribution in [0.15, 0.2) is 36.5 Å². The maximum Gasteiger partial charge on any atom is 0.0378 e. The van der Waals surface area contributed by atoms with E-state index in [1.165, 1.54) is 22.3 Å². The van der Waals surface area contributed by atoms with Crippen molar-refractivity contribution in [3.8, 4) is 11.1 Å². The van der Waals surface area contributed by atoms with Gasteiger partial charge in [0.15, 0.2) is 0 Å². The second-order valence-corrected chi connectivity index (χ2v) is 5.02. The van der Waals surface area contributed by atoms with Crippen LogP contribution in [0.1, 0.15) is 30.2 Å². The Morgan fingerprint density at radius 1 is 1.11 bits per heavy atom. The summed E-state index contributed by atoms with van der Waals surface area (Å²) in [6.07, 6.45) is 3.05. The molecule has 19 heavy (non-hydrogen) atoms. The van der Waals surface area contributed by atoms with E-state index < -0.39 is 0 Å². The molecule has 0 bridgehead atoms. The Morgan fingerprint density at radius 2 is 1.95 bits per heavy atom. The third-order valence-corrected chi connectivity index (χ3v) is 3.22. The topological polar surface area (TPSA) is 24.9 Å². The van der Waals surface area contributed by atoms with E-state index in [4.69, 9.17) is 0 Å². The fourth-order valence-corrected chi connectivity index (χ4v) is 2.23. The van der Waals surface area contributed by atoms with Gasteiger partial charge in [-0.05, 0) is 55.6 Å². The van der Waals surface area contributed by atoms with Gasteiger partial charge in [-0.2, -0.15) is 0 Å². The minimum atomic E-state index is 0.921. The lowest BCUT2D eigenvalue weighted by Gasteiger charge is -2.12. The molecular weight excluding hydrogens is 232 g/mol. The number of rotatable bonds is 5. The highest BCUT2D eigenvalue weighted by atomic mass is 14.8. The first-order valence-electron chi connectivity index (χ1n) is 6.94. The van der Waals surface area contributed by atoms with Crippen LogP contribution >= 0.6 is 0 Å². The summed E-state index contributed by atoms with van der Waals surface area (Å²) in [6, 6.07) is 10.9. The highest BCUT2D eigenvalue weighted by Crippen LogP contribution is 2.25. The third kappa shape index (κ3) is 3.65. The Labute approximate surface area is 115 Å². The second-order valence-electron chi connectivity index (χ2n) is 5.02. The summed E-state index contributed by atoms with van der Waals surface area (Å²) >= 11 is 0. The summed E-state index contributed by atoms with van der Waals surface area (Å²) in [6.45, 7) is 8.35. The van der Waals surface area contributed by atoms with Crippen LogP contribution < -0.4 is 5.32 Å². The molecule has 2 rings (SSSR count). The van der Waals surface area contributed by atoms with E-state index in [1.54, 1.807) is 0 Å². The minimum absolute atomic E-state index is 0.921. The average molecular weight is 254 g/mol. The SMILES string of the molecule is CCCNCc1ccc(C)cc1-c1ccnc(C)c1. The first kappa shape index (κ1) is 13.8. The first-order chi connectivity index (χ1) is 9.20. The maximum absolute atomic E-state index is 4.28. The van der Waals surface area contributed by atoms with Crippen LogP contribution in [0.4, 0.5) is 0 Å². The smallest absolute Gasteiger partial charge is 0.0378 e. The van der Waals surface area contributed by atoms with Gasteiger partial charge in [0.25, 0.3) is 0 Å². The molecule has 0 fully saturated rings. The van der Waals surface area contributed by atoms with Crippen LogP contribution in [0.3, 0.4) is 0 Å². The second kappa shape index (κ2) is 6.48. The number of nitrogens with zero attached hydrogens (tertiary/aromatic N) is 1. The van der Waals surface area contributed by atoms with Crippen molar-refractivity contribution < 1.29 is 0 Å². The Bertz CT molecular complexity index is 547. The van der Waals surface area contributed by atoms with Crippen LogP contribution in [0.5, 0.6) is 0 Å². The van der Waals surface area contributed by atoms with Crippen LogP contribution in [0, 0.1) is 13.8 Å². The molecule has 1 aromatic carbocycles. The molecule has 2 nitrogen and oxygen atoms in total. The Morgan fingerprint density at radius 3 is 2.68 bits per heavy atom. The molecular formula is C17H22N2. The summed E-state index contributed by atoms with van der Waals surface area (Å²) in [5.41, 5.74) is 6.28. The number of benzene rings is 1. The van der Waals surface area contributed by atoms with Crippen LogP contribution in [-0.2, 0) is 6.54 Å². The molecule has 0 aliphatic rings. The fourth-order valence-electron chi connectivity index (χ4n) is 2.23. The summed E-state index contributed by atoms with van der Waals surface area (Å²) in [4.78, 5) is 4.28. The standard InChI is InChI=1S/C17H22N2/c1-4-8-18-12-16-6-5-13(2)10-17(16)15-7-9-19-14(3)11-15/h5-7,9-11,18H,4,8,12H2,1-3H3. The molecule has 1 heterocycles. The summed E-state index contributed by atoms with van der Waals surface area (Å²) in [5, 5.41) is 3.48. The van der Waals surface area contributed by atoms with Gasteiger partial charge in [0.2, 0.25) is 0 Å². The monoisotopic (exact) mass is 254 g/mol. The van der Waals surface area contributed by atoms with Crippen LogP contribution in [0.25, 0.3) is 11.1 Å². The molecule has 0 saturated heterocycles. The van der Waals surface area contributed by atoms with Crippen molar-refractivity contribution in [1.29, 1.82) is 0 Å². The van der Waals surface area contributed by atoms with E-state index in [9.17, 15) is 0 Å². The number of pyridine rings is 1. The van der Waals surface area contributed by atoms with Gasteiger partial charge in [-0.1, -0.05) is 30.7 Å². The van der Waals surface area contributed by atoms with Crippen molar-refractivity contribution in [2.24, 2.45) is 0 Å². The lowest BCUT2D eigenvalue weighted by atomic mass is 9.97. The molecule has 0 aliphatic heterocycles. The molecule has 0 spiro atoms. The fraction of sp³-hybridized carbons (Fsp3) is 0.353. The summed E-state index contributed by atoms with van der Waals surface area (Å²) in [5.74, 6) is 0. The minimum Gasteiger partial charge on any atom is -0.313 e. The summed E-state index contributed by atoms with van der Waals surface area (Å²) in [7, 11) is 0. The average Bonchev–Trinajstić information content (AvgIpc) is 2.40. The Kier molecular flexibility index (Phi) is 4.69. The quantitative estimate of drug-likeness (QED) is 0.819. The predicted molar refractivity (Wildman–Crippen MR) is 81.1 cm³/mol. The van der Waals surface area contributed by atoms with Gasteiger partial charge in [0, 0.05) is 18.4 Å². The molecule has 2 heteroatoms. The van der Waals surface area contributed by atoms with Crippen molar-refractivity contribution in [3.63, 3.8) is 0 Å². The van der Waals surface area contributed by atoms with Crippen LogP contribution in [0.2, 0.25) is 0 Å². The third-order valence-electron chi connectivity index (χ3n) is 3.22. The van der Waals surface area contributed by atoms with Crippen molar-refractivity contribution in [2.75, 3.05) is 6.54 Å². The Balaban J connectivity index is 2.34. The van der Waals surface area contributed by atoms with Gasteiger partial charge in [0.1, 0.15) is 0 Å². The zero-order valence-electron chi connectivity index (χ0n) is 12.0. The Hall–Kier alpha value is -1.67. The predicted octanol–water partition coefficient (Wildman–Crippen LogP) is 3.87. The van der Waals surface area contributed by atoms with E-state index >= 15 is 0 Å². The van der Waals surface area contributed by atoms with Crippen LogP contribution in [-0.4, -0.2) is 11.5 Å². The number of hydrogen-bond donors (Lipinski definition) is 1. The van der Waals surface area contributed by atoms with Crippen molar-refractivity contribution in [3.05, 3.63) is 53.3 Å². The first-order valence-corrected chi connectivity index (χ1v) is 6.94. The normalized spacial score (nSPS) is 10.7. The van der Waals surface area contributed by atoms with Gasteiger partial charge < -0.3 is 5.32 Å². The number of aromatic nitrogens is 1. The number of nitrogens with one attached hydrogen (secondary N) is 1. The maximum atomic E-state index is 4.28. The highest BCUT2D eigenvalue weighted by molar-refractivity contribution is 5.68. The molecule has 0 amide bonds. The molecule has 0 radical (unpaired) electrons. The zero-order valence-corrected chi connectivity index (χ0v) is 12.0. The molecule has 1 N–H and O–H groups in total. The molecule has 0 unspecified atom stereocenters. The van der Waals surface area contributed by atoms with Gasteiger partial charge in [-0.25, -0.2) is 0 Å². The van der Waals surface area contributed by atoms with Gasteiger partial charge in [-0.15, -0.1) is 0 Å². The van der Waals surface area contributed by atoms with E-state index in [2.05, 4.69) is 54.5 Å². The lowest BCUT2D eigenvalue weighted by Crippen LogP contribution is -2.14. The van der Waals surface area contributed by atoms with E-state index in [0.717, 1.165) is 25.2 Å². The van der Waals surface area contributed by atoms with Crippen molar-refractivity contribution >= 4 is 0 Å². The van der Waals surface area contributed by atoms with Gasteiger partial charge in [0.05, 0.1) is 0 Å². The summed E-state index contributed by atoms with van der Waals surface area (Å²) < 4.78 is 0. The lowest BCUT2D eigenvalue weighted by molar-refractivity contribution is 0.676. The highest BCUT2D eigenvalue weighted by Gasteiger charge is 2.06. The van der Waals surface area contributed by atoms with Crippen molar-refractivity contribution in [1.82, 2.24) is 10.3 Å². The molecule has 0 atom stereocenters. The van der Waals surface area contributed by atoms with Crippen molar-refractivity contribution in [2.45, 2.75) is 33.7 Å². The van der Waals surface area contributed by atoms with Gasteiger partial charge >= 0.3 is 0 Å². The number of hydrogen-bond acceptors (Lipinski definition) is 2. The van der Waals surface area contributed by atoms with E-state index in [-0.39, 0.29) is 0 Å². The molecule has 100 valence electrons. The van der Waals surface area contributed by atoms with E-state index in [0.29, 0.717) is 0 Å². The molecule has 0 saturated carbocycles. The molecule has 1 aromatic heterocycles. The van der Waals surface area contributed by atoms with E-state index in [1.807, 2.05) is 13.1 Å².